The molecular formula is C24H22N4O3S. The highest BCUT2D eigenvalue weighted by Crippen LogP contribution is 2.17. The number of hydrogen-bond donors (Lipinski definition) is 3. The van der Waals surface area contributed by atoms with E-state index in [1.54, 1.807) is 18.3 Å². The molecule has 0 fully saturated rings. The lowest BCUT2D eigenvalue weighted by Gasteiger charge is -2.10. The first-order valence-electron chi connectivity index (χ1n) is 10.0. The number of nitrogens with one attached hydrogen (secondary N) is 3. The van der Waals surface area contributed by atoms with Gasteiger partial charge in [0.25, 0.3) is 5.91 Å². The average Bonchev–Trinajstić information content (AvgIpc) is 3.37. The van der Waals surface area contributed by atoms with E-state index >= 15 is 0 Å². The van der Waals surface area contributed by atoms with E-state index in [0.29, 0.717) is 6.54 Å². The maximum absolute atomic E-state index is 12.6. The molecule has 0 unspecified atom stereocenters. The fraction of sp³-hybridized carbons (Fsp3) is 0.0833. The van der Waals surface area contributed by atoms with Crippen LogP contribution < -0.4 is 10.0 Å². The van der Waals surface area contributed by atoms with Gasteiger partial charge in [0.15, 0.2) is 0 Å². The lowest BCUT2D eigenvalue weighted by molar-refractivity contribution is 0.0950. The number of amides is 1. The van der Waals surface area contributed by atoms with Gasteiger partial charge in [0.2, 0.25) is 10.0 Å². The van der Waals surface area contributed by atoms with Gasteiger partial charge in [-0.15, -0.1) is 0 Å². The van der Waals surface area contributed by atoms with Crippen molar-refractivity contribution < 1.29 is 13.2 Å². The molecule has 0 spiro atoms. The summed E-state index contributed by atoms with van der Waals surface area (Å²) >= 11 is 0. The number of hydrogen-bond acceptors (Lipinski definition) is 4. The van der Waals surface area contributed by atoms with Crippen LogP contribution >= 0.6 is 0 Å². The molecular weight excluding hydrogens is 424 g/mol. The Morgan fingerprint density at radius 3 is 2.31 bits per heavy atom. The van der Waals surface area contributed by atoms with E-state index in [4.69, 9.17) is 0 Å². The number of H-pyrrole nitrogens is 1. The van der Waals surface area contributed by atoms with Crippen molar-refractivity contribution in [3.8, 4) is 11.3 Å². The zero-order valence-corrected chi connectivity index (χ0v) is 18.0. The quantitative estimate of drug-likeness (QED) is 0.385. The zero-order chi connectivity index (χ0) is 22.4. The van der Waals surface area contributed by atoms with Crippen LogP contribution in [0.5, 0.6) is 0 Å². The second-order valence-corrected chi connectivity index (χ2v) is 8.95. The van der Waals surface area contributed by atoms with Gasteiger partial charge in [-0.3, -0.25) is 9.89 Å². The molecule has 1 aromatic heterocycles. The molecule has 0 aliphatic carbocycles. The maximum Gasteiger partial charge on any atom is 0.251 e. The first kappa shape index (κ1) is 21.5. The Balaban J connectivity index is 1.38. The largest absolute Gasteiger partial charge is 0.348 e. The third-order valence-electron chi connectivity index (χ3n) is 4.93. The summed E-state index contributed by atoms with van der Waals surface area (Å²) in [6.45, 7) is 0.499. The second kappa shape index (κ2) is 9.59. The van der Waals surface area contributed by atoms with Crippen molar-refractivity contribution in [1.29, 1.82) is 0 Å². The molecule has 7 nitrogen and oxygen atoms in total. The number of aromatic amines is 1. The minimum Gasteiger partial charge on any atom is -0.348 e. The van der Waals surface area contributed by atoms with Gasteiger partial charge in [-0.1, -0.05) is 60.7 Å². The predicted molar refractivity (Wildman–Crippen MR) is 122 cm³/mol. The van der Waals surface area contributed by atoms with E-state index < -0.39 is 10.0 Å². The smallest absolute Gasteiger partial charge is 0.251 e. The third kappa shape index (κ3) is 5.29. The van der Waals surface area contributed by atoms with Crippen molar-refractivity contribution in [2.75, 3.05) is 0 Å². The molecule has 0 bridgehead atoms. The number of benzene rings is 3. The van der Waals surface area contributed by atoms with Crippen LogP contribution in [0.1, 0.15) is 21.5 Å². The van der Waals surface area contributed by atoms with Crippen molar-refractivity contribution >= 4 is 15.9 Å². The number of aromatic nitrogens is 2. The number of sulfonamides is 1. The lowest BCUT2D eigenvalue weighted by Crippen LogP contribution is -2.25. The van der Waals surface area contributed by atoms with Gasteiger partial charge in [0.05, 0.1) is 10.6 Å². The Kier molecular flexibility index (Phi) is 6.44. The molecule has 3 N–H and O–H groups in total. The van der Waals surface area contributed by atoms with E-state index in [9.17, 15) is 13.2 Å². The summed E-state index contributed by atoms with van der Waals surface area (Å²) in [7, 11) is -3.75. The Labute approximate surface area is 186 Å². The summed E-state index contributed by atoms with van der Waals surface area (Å²) < 4.78 is 27.8. The molecule has 0 radical (unpaired) electrons. The van der Waals surface area contributed by atoms with E-state index in [1.807, 2.05) is 60.7 Å². The number of carbonyl (C=O) groups is 1. The molecule has 0 saturated carbocycles. The topological polar surface area (TPSA) is 104 Å². The van der Waals surface area contributed by atoms with E-state index in [0.717, 1.165) is 22.4 Å². The SMILES string of the molecule is O=C(NCc1ccc(-c2ccn[nH]2)cc1)c1cccc(S(=O)(=O)NCc2ccccc2)c1. The summed E-state index contributed by atoms with van der Waals surface area (Å²) in [5.74, 6) is -0.345. The van der Waals surface area contributed by atoms with Gasteiger partial charge < -0.3 is 5.32 Å². The molecule has 4 aromatic rings. The molecule has 4 rings (SSSR count). The van der Waals surface area contributed by atoms with E-state index in [2.05, 4.69) is 20.2 Å². The summed E-state index contributed by atoms with van der Waals surface area (Å²) in [5.41, 5.74) is 3.97. The van der Waals surface area contributed by atoms with Crippen molar-refractivity contribution in [3.05, 3.63) is 108 Å². The average molecular weight is 447 g/mol. The van der Waals surface area contributed by atoms with Crippen LogP contribution in [0.25, 0.3) is 11.3 Å². The van der Waals surface area contributed by atoms with Crippen molar-refractivity contribution in [2.24, 2.45) is 0 Å². The molecule has 8 heteroatoms. The Bertz CT molecular complexity index is 1290. The Morgan fingerprint density at radius 1 is 0.844 bits per heavy atom. The summed E-state index contributed by atoms with van der Waals surface area (Å²) in [6.07, 6.45) is 1.69. The number of nitrogens with zero attached hydrogens (tertiary/aromatic N) is 1. The van der Waals surface area contributed by atoms with Crippen LogP contribution in [0.4, 0.5) is 0 Å². The highest BCUT2D eigenvalue weighted by molar-refractivity contribution is 7.89. The number of rotatable bonds is 8. The molecule has 0 aliphatic heterocycles. The minimum atomic E-state index is -3.75. The van der Waals surface area contributed by atoms with Gasteiger partial charge in [-0.2, -0.15) is 5.10 Å². The van der Waals surface area contributed by atoms with Crippen molar-refractivity contribution in [3.63, 3.8) is 0 Å². The second-order valence-electron chi connectivity index (χ2n) is 7.19. The number of carbonyl (C=O) groups excluding carboxylic acids is 1. The predicted octanol–water partition coefficient (Wildman–Crippen LogP) is 3.49. The fourth-order valence-electron chi connectivity index (χ4n) is 3.17. The first-order valence-corrected chi connectivity index (χ1v) is 11.5. The van der Waals surface area contributed by atoms with Crippen LogP contribution in [0, 0.1) is 0 Å². The van der Waals surface area contributed by atoms with Gasteiger partial charge in [0.1, 0.15) is 0 Å². The van der Waals surface area contributed by atoms with Crippen LogP contribution in [0.3, 0.4) is 0 Å². The van der Waals surface area contributed by atoms with Gasteiger partial charge in [-0.25, -0.2) is 13.1 Å². The zero-order valence-electron chi connectivity index (χ0n) is 17.2. The molecule has 1 heterocycles. The van der Waals surface area contributed by atoms with Crippen molar-refractivity contribution in [2.45, 2.75) is 18.0 Å². The normalized spacial score (nSPS) is 11.2. The molecule has 0 saturated heterocycles. The standard InChI is InChI=1S/C24H22N4O3S/c29-24(25-16-19-9-11-20(12-10-19)23-13-14-26-28-23)21-7-4-8-22(15-21)32(30,31)27-17-18-5-2-1-3-6-18/h1-15,27H,16-17H2,(H,25,29)(H,26,28). The van der Waals surface area contributed by atoms with Gasteiger partial charge in [0, 0.05) is 24.8 Å². The van der Waals surface area contributed by atoms with Crippen LogP contribution in [0.2, 0.25) is 0 Å². The highest BCUT2D eigenvalue weighted by Gasteiger charge is 2.16. The monoisotopic (exact) mass is 446 g/mol. The summed E-state index contributed by atoms with van der Waals surface area (Å²) in [6, 6.07) is 24.9. The lowest BCUT2D eigenvalue weighted by atomic mass is 10.1. The van der Waals surface area contributed by atoms with Crippen LogP contribution in [-0.2, 0) is 23.1 Å². The summed E-state index contributed by atoms with van der Waals surface area (Å²) in [4.78, 5) is 12.6. The Hall–Kier alpha value is -3.75. The highest BCUT2D eigenvalue weighted by atomic mass is 32.2. The first-order chi connectivity index (χ1) is 15.5. The molecule has 3 aromatic carbocycles. The third-order valence-corrected chi connectivity index (χ3v) is 6.33. The Morgan fingerprint density at radius 2 is 1.59 bits per heavy atom. The minimum absolute atomic E-state index is 0.0463. The van der Waals surface area contributed by atoms with Crippen molar-refractivity contribution in [1.82, 2.24) is 20.2 Å². The molecule has 162 valence electrons. The van der Waals surface area contributed by atoms with E-state index in [-0.39, 0.29) is 22.9 Å². The molecule has 1 amide bonds. The van der Waals surface area contributed by atoms with Crippen LogP contribution in [-0.4, -0.2) is 24.5 Å². The van der Waals surface area contributed by atoms with Crippen LogP contribution in [0.15, 0.2) is 96.0 Å². The molecule has 0 atom stereocenters. The van der Waals surface area contributed by atoms with E-state index in [1.165, 1.54) is 12.1 Å². The summed E-state index contributed by atoms with van der Waals surface area (Å²) in [5, 5.41) is 9.67. The maximum atomic E-state index is 12.6. The van der Waals surface area contributed by atoms with Gasteiger partial charge >= 0.3 is 0 Å². The fourth-order valence-corrected chi connectivity index (χ4v) is 4.23. The van der Waals surface area contributed by atoms with Gasteiger partial charge in [-0.05, 0) is 41.0 Å². The molecule has 32 heavy (non-hydrogen) atoms. The molecule has 0 aliphatic rings.